The van der Waals surface area contributed by atoms with E-state index in [0.717, 1.165) is 33.3 Å². The maximum absolute atomic E-state index is 14.0. The lowest BCUT2D eigenvalue weighted by Crippen LogP contribution is -2.41. The third-order valence-corrected chi connectivity index (χ3v) is 7.12. The second-order valence-electron chi connectivity index (χ2n) is 9.54. The van der Waals surface area contributed by atoms with Crippen molar-refractivity contribution in [2.45, 2.75) is 18.9 Å². The van der Waals surface area contributed by atoms with Crippen molar-refractivity contribution in [2.75, 3.05) is 33.4 Å². The molecular weight excluding hydrogens is 482 g/mol. The molecule has 2 N–H and O–H groups in total. The van der Waals surface area contributed by atoms with E-state index in [1.807, 2.05) is 71.6 Å². The number of para-hydroxylation sites is 1. The van der Waals surface area contributed by atoms with Gasteiger partial charge in [-0.3, -0.25) is 9.59 Å². The number of aromatic nitrogens is 1. The fraction of sp³-hybridized carbons (Fsp3) is 0.267. The van der Waals surface area contributed by atoms with Gasteiger partial charge in [0, 0.05) is 24.0 Å². The van der Waals surface area contributed by atoms with Crippen molar-refractivity contribution < 1.29 is 23.8 Å². The van der Waals surface area contributed by atoms with Crippen LogP contribution in [0.3, 0.4) is 0 Å². The number of aromatic amines is 1. The Bertz CT molecular complexity index is 1480. The van der Waals surface area contributed by atoms with Crippen LogP contribution in [0.4, 0.5) is 0 Å². The van der Waals surface area contributed by atoms with Gasteiger partial charge in [-0.25, -0.2) is 0 Å². The predicted molar refractivity (Wildman–Crippen MR) is 143 cm³/mol. The Kier molecular flexibility index (Phi) is 6.37. The van der Waals surface area contributed by atoms with Crippen molar-refractivity contribution in [3.63, 3.8) is 0 Å². The molecule has 3 aliphatic rings. The molecule has 194 valence electrons. The SMILES string of the molecule is COc1cc2c3cc1OCC(=O)NCCCOc1cccc(c1)C2N(C(=O)c1cc2ccccc2[nH]1)CC3. The van der Waals surface area contributed by atoms with Crippen molar-refractivity contribution in [1.29, 1.82) is 0 Å². The average molecular weight is 512 g/mol. The molecule has 0 aliphatic carbocycles. The van der Waals surface area contributed by atoms with Crippen molar-refractivity contribution in [2.24, 2.45) is 0 Å². The predicted octanol–water partition coefficient (Wildman–Crippen LogP) is 4.24. The summed E-state index contributed by atoms with van der Waals surface area (Å²) in [5, 5.41) is 3.85. The van der Waals surface area contributed by atoms with Crippen molar-refractivity contribution >= 4 is 22.7 Å². The Morgan fingerprint density at radius 1 is 1.05 bits per heavy atom. The van der Waals surface area contributed by atoms with E-state index >= 15 is 0 Å². The summed E-state index contributed by atoms with van der Waals surface area (Å²) >= 11 is 0. The number of rotatable bonds is 2. The van der Waals surface area contributed by atoms with Crippen LogP contribution in [0.5, 0.6) is 17.2 Å². The zero-order chi connectivity index (χ0) is 26.1. The molecule has 7 rings (SSSR count). The number of benzene rings is 3. The lowest BCUT2D eigenvalue weighted by molar-refractivity contribution is -0.123. The molecule has 0 saturated carbocycles. The monoisotopic (exact) mass is 511 g/mol. The maximum Gasteiger partial charge on any atom is 0.271 e. The highest BCUT2D eigenvalue weighted by Crippen LogP contribution is 2.42. The first-order valence-electron chi connectivity index (χ1n) is 12.8. The van der Waals surface area contributed by atoms with Gasteiger partial charge in [0.1, 0.15) is 11.4 Å². The highest BCUT2D eigenvalue weighted by atomic mass is 16.5. The number of fused-ring (bicyclic) bond motifs is 9. The van der Waals surface area contributed by atoms with Gasteiger partial charge in [0.2, 0.25) is 0 Å². The molecule has 2 amide bonds. The van der Waals surface area contributed by atoms with E-state index < -0.39 is 0 Å². The normalized spacial score (nSPS) is 17.4. The largest absolute Gasteiger partial charge is 0.494 e. The van der Waals surface area contributed by atoms with Gasteiger partial charge < -0.3 is 29.4 Å². The van der Waals surface area contributed by atoms with Crippen LogP contribution in [0.1, 0.15) is 39.6 Å². The molecule has 0 fully saturated rings. The number of nitrogens with zero attached hydrogens (tertiary/aromatic N) is 1. The summed E-state index contributed by atoms with van der Waals surface area (Å²) in [6.45, 7) is 1.35. The number of carbonyl (C=O) groups excluding carboxylic acids is 2. The minimum atomic E-state index is -0.361. The number of ether oxygens (including phenoxy) is 3. The third kappa shape index (κ3) is 4.53. The molecule has 38 heavy (non-hydrogen) atoms. The first kappa shape index (κ1) is 23.9. The summed E-state index contributed by atoms with van der Waals surface area (Å²) in [6, 6.07) is 21.2. The average Bonchev–Trinajstić information content (AvgIpc) is 3.38. The third-order valence-electron chi connectivity index (χ3n) is 7.12. The Morgan fingerprint density at radius 2 is 1.95 bits per heavy atom. The Hall–Kier alpha value is -4.46. The number of hydrogen-bond donors (Lipinski definition) is 2. The van der Waals surface area contributed by atoms with E-state index in [0.29, 0.717) is 49.7 Å². The number of amides is 2. The molecule has 3 aromatic carbocycles. The molecule has 0 saturated heterocycles. The quantitative estimate of drug-likeness (QED) is 0.420. The number of nitrogens with one attached hydrogen (secondary N) is 2. The molecule has 4 aromatic rings. The second kappa shape index (κ2) is 10.1. The van der Waals surface area contributed by atoms with Crippen LogP contribution in [0.25, 0.3) is 10.9 Å². The van der Waals surface area contributed by atoms with E-state index in [1.165, 1.54) is 0 Å². The molecule has 3 aliphatic heterocycles. The van der Waals surface area contributed by atoms with Gasteiger partial charge in [-0.1, -0.05) is 30.3 Å². The number of H-pyrrole nitrogens is 1. The van der Waals surface area contributed by atoms with E-state index in [4.69, 9.17) is 14.2 Å². The molecular formula is C30H29N3O5. The van der Waals surface area contributed by atoms with Crippen LogP contribution in [-0.4, -0.2) is 55.1 Å². The topological polar surface area (TPSA) is 92.9 Å². The van der Waals surface area contributed by atoms with Crippen molar-refractivity contribution in [3.8, 4) is 17.2 Å². The molecule has 0 spiro atoms. The molecule has 4 heterocycles. The van der Waals surface area contributed by atoms with Gasteiger partial charge in [0.25, 0.3) is 11.8 Å². The summed E-state index contributed by atoms with van der Waals surface area (Å²) < 4.78 is 17.5. The number of methoxy groups -OCH3 is 1. The zero-order valence-corrected chi connectivity index (χ0v) is 21.2. The van der Waals surface area contributed by atoms with Gasteiger partial charge in [-0.2, -0.15) is 0 Å². The Balaban J connectivity index is 1.47. The zero-order valence-electron chi connectivity index (χ0n) is 21.2. The Morgan fingerprint density at radius 3 is 2.82 bits per heavy atom. The fourth-order valence-corrected chi connectivity index (χ4v) is 5.28. The van der Waals surface area contributed by atoms with E-state index in [1.54, 1.807) is 7.11 Å². The maximum atomic E-state index is 14.0. The smallest absolute Gasteiger partial charge is 0.271 e. The van der Waals surface area contributed by atoms with Gasteiger partial charge >= 0.3 is 0 Å². The molecule has 6 bridgehead atoms. The summed E-state index contributed by atoms with van der Waals surface area (Å²) in [5.74, 6) is 1.47. The van der Waals surface area contributed by atoms with E-state index in [9.17, 15) is 9.59 Å². The van der Waals surface area contributed by atoms with Crippen LogP contribution in [-0.2, 0) is 11.2 Å². The first-order chi connectivity index (χ1) is 18.6. The molecule has 0 radical (unpaired) electrons. The molecule has 8 heteroatoms. The number of hydrogen-bond acceptors (Lipinski definition) is 5. The van der Waals surface area contributed by atoms with E-state index in [2.05, 4.69) is 10.3 Å². The highest BCUT2D eigenvalue weighted by molar-refractivity contribution is 5.98. The van der Waals surface area contributed by atoms with Gasteiger partial charge in [-0.15, -0.1) is 0 Å². The second-order valence-corrected chi connectivity index (χ2v) is 9.54. The summed E-state index contributed by atoms with van der Waals surface area (Å²) in [4.78, 5) is 31.5. The van der Waals surface area contributed by atoms with Crippen LogP contribution in [0.2, 0.25) is 0 Å². The minimum Gasteiger partial charge on any atom is -0.494 e. The lowest BCUT2D eigenvalue weighted by Gasteiger charge is -2.38. The highest BCUT2D eigenvalue weighted by Gasteiger charge is 2.35. The molecule has 1 atom stereocenters. The van der Waals surface area contributed by atoms with Crippen LogP contribution in [0, 0.1) is 0 Å². The van der Waals surface area contributed by atoms with Crippen molar-refractivity contribution in [3.05, 3.63) is 89.1 Å². The number of carbonyl (C=O) groups is 2. The standard InChI is InChI=1S/C30H29N3O5/c1-36-26-17-23-19-10-12-33(30(35)25-15-20-6-2-3-9-24(20)32-25)29(23)21-7-4-8-22(14-21)37-13-5-11-31-28(34)18-38-27(26)16-19/h2-4,6-9,14-17,29,32H,5,10-13,18H2,1H3,(H,31,34). The first-order valence-corrected chi connectivity index (χ1v) is 12.8. The summed E-state index contributed by atoms with van der Waals surface area (Å²) in [5.41, 5.74) is 4.43. The minimum absolute atomic E-state index is 0.0754. The fourth-order valence-electron chi connectivity index (χ4n) is 5.28. The molecule has 8 nitrogen and oxygen atoms in total. The van der Waals surface area contributed by atoms with Crippen molar-refractivity contribution in [1.82, 2.24) is 15.2 Å². The summed E-state index contributed by atoms with van der Waals surface area (Å²) in [7, 11) is 1.58. The van der Waals surface area contributed by atoms with Gasteiger partial charge in [-0.05, 0) is 65.9 Å². The van der Waals surface area contributed by atoms with Crippen LogP contribution >= 0.6 is 0 Å². The molecule has 1 aromatic heterocycles. The van der Waals surface area contributed by atoms with E-state index in [-0.39, 0.29) is 24.5 Å². The van der Waals surface area contributed by atoms with Gasteiger partial charge in [0.05, 0.1) is 19.8 Å². The van der Waals surface area contributed by atoms with Gasteiger partial charge in [0.15, 0.2) is 18.1 Å². The lowest BCUT2D eigenvalue weighted by atomic mass is 9.87. The van der Waals surface area contributed by atoms with Crippen LogP contribution < -0.4 is 19.5 Å². The molecule has 1 unspecified atom stereocenters. The Labute approximate surface area is 220 Å². The van der Waals surface area contributed by atoms with Crippen LogP contribution in [0.15, 0.2) is 66.7 Å². The summed E-state index contributed by atoms with van der Waals surface area (Å²) in [6.07, 6.45) is 1.30.